The average molecular weight is 373 g/mol. The Hall–Kier alpha value is -3.05. The zero-order valence-corrected chi connectivity index (χ0v) is 16.1. The van der Waals surface area contributed by atoms with Gasteiger partial charge in [0.05, 0.1) is 10.9 Å². The smallest absolute Gasteiger partial charge is 0.259 e. The van der Waals surface area contributed by atoms with E-state index in [4.69, 9.17) is 0 Å². The molecule has 2 heterocycles. The summed E-state index contributed by atoms with van der Waals surface area (Å²) in [4.78, 5) is 34.9. The highest BCUT2D eigenvalue weighted by Gasteiger charge is 2.37. The van der Waals surface area contributed by atoms with Gasteiger partial charge in [0.1, 0.15) is 5.82 Å². The first-order chi connectivity index (χ1) is 13.4. The number of aromatic amines is 1. The van der Waals surface area contributed by atoms with Gasteiger partial charge in [-0.2, -0.15) is 0 Å². The van der Waals surface area contributed by atoms with Gasteiger partial charge in [-0.05, 0) is 23.8 Å². The molecule has 1 aromatic heterocycles. The standard InChI is InChI=1S/C23H23N3O2/c1-23(2)15-26(13-16-8-4-3-5-9-16)14-17(21(23)27)12-20-24-19-11-7-6-10-18(19)22(28)25-20/h3-12H,13-15H2,1-2H3,(H,24,25,28)/b17-12+. The maximum Gasteiger partial charge on any atom is 0.259 e. The van der Waals surface area contributed by atoms with Crippen molar-refractivity contribution >= 4 is 22.8 Å². The lowest BCUT2D eigenvalue weighted by atomic mass is 9.80. The zero-order valence-electron chi connectivity index (χ0n) is 16.1. The molecule has 1 N–H and O–H groups in total. The number of para-hydroxylation sites is 1. The minimum Gasteiger partial charge on any atom is -0.306 e. The molecule has 0 aliphatic carbocycles. The fraction of sp³-hybridized carbons (Fsp3) is 0.261. The number of hydrogen-bond acceptors (Lipinski definition) is 4. The molecule has 1 fully saturated rings. The number of rotatable bonds is 3. The largest absolute Gasteiger partial charge is 0.306 e. The summed E-state index contributed by atoms with van der Waals surface area (Å²) in [7, 11) is 0. The van der Waals surface area contributed by atoms with E-state index in [2.05, 4.69) is 27.0 Å². The van der Waals surface area contributed by atoms with E-state index in [1.807, 2.05) is 44.2 Å². The molecule has 1 aliphatic heterocycles. The fourth-order valence-corrected chi connectivity index (χ4v) is 3.84. The molecule has 0 atom stereocenters. The van der Waals surface area contributed by atoms with Crippen LogP contribution in [0.5, 0.6) is 0 Å². The second kappa shape index (κ2) is 7.17. The molecule has 0 saturated carbocycles. The summed E-state index contributed by atoms with van der Waals surface area (Å²) in [5.74, 6) is 0.525. The maximum atomic E-state index is 13.0. The molecule has 142 valence electrons. The first-order valence-corrected chi connectivity index (χ1v) is 9.43. The van der Waals surface area contributed by atoms with Gasteiger partial charge in [-0.15, -0.1) is 0 Å². The topological polar surface area (TPSA) is 66.1 Å². The van der Waals surface area contributed by atoms with Crippen LogP contribution in [0.3, 0.4) is 0 Å². The highest BCUT2D eigenvalue weighted by molar-refractivity contribution is 6.04. The predicted molar refractivity (Wildman–Crippen MR) is 111 cm³/mol. The quantitative estimate of drug-likeness (QED) is 0.715. The number of hydrogen-bond donors (Lipinski definition) is 1. The van der Waals surface area contributed by atoms with Gasteiger partial charge in [0.25, 0.3) is 5.56 Å². The third-order valence-electron chi connectivity index (χ3n) is 5.11. The van der Waals surface area contributed by atoms with Crippen LogP contribution in [0.25, 0.3) is 17.0 Å². The number of ketones is 1. The molecular formula is C23H23N3O2. The average Bonchev–Trinajstić information content (AvgIpc) is 2.66. The molecule has 0 unspecified atom stereocenters. The maximum absolute atomic E-state index is 13.0. The van der Waals surface area contributed by atoms with E-state index in [1.165, 1.54) is 5.56 Å². The molecule has 1 saturated heterocycles. The summed E-state index contributed by atoms with van der Waals surface area (Å²) >= 11 is 0. The summed E-state index contributed by atoms with van der Waals surface area (Å²) in [5.41, 5.74) is 1.83. The van der Waals surface area contributed by atoms with Crippen molar-refractivity contribution in [2.24, 2.45) is 5.41 Å². The number of carbonyl (C=O) groups is 1. The number of Topliss-reactive ketones (excluding diaryl/α,β-unsaturated/α-hetero) is 1. The van der Waals surface area contributed by atoms with E-state index in [0.717, 1.165) is 6.54 Å². The zero-order chi connectivity index (χ0) is 19.7. The second-order valence-electron chi connectivity index (χ2n) is 7.98. The van der Waals surface area contributed by atoms with Crippen LogP contribution in [0.4, 0.5) is 0 Å². The van der Waals surface area contributed by atoms with E-state index in [0.29, 0.717) is 35.4 Å². The molecule has 0 amide bonds. The Balaban J connectivity index is 1.68. The first kappa shape index (κ1) is 18.3. The Morgan fingerprint density at radius 1 is 1.07 bits per heavy atom. The molecule has 0 spiro atoms. The van der Waals surface area contributed by atoms with Crippen molar-refractivity contribution in [3.8, 4) is 0 Å². The molecule has 0 radical (unpaired) electrons. The molecule has 28 heavy (non-hydrogen) atoms. The Morgan fingerprint density at radius 2 is 1.79 bits per heavy atom. The van der Waals surface area contributed by atoms with Crippen molar-refractivity contribution in [3.63, 3.8) is 0 Å². The number of likely N-dealkylation sites (tertiary alicyclic amines) is 1. The van der Waals surface area contributed by atoms with Gasteiger partial charge >= 0.3 is 0 Å². The van der Waals surface area contributed by atoms with Gasteiger partial charge in [-0.3, -0.25) is 14.5 Å². The Morgan fingerprint density at radius 3 is 2.57 bits per heavy atom. The Kier molecular flexibility index (Phi) is 4.69. The third kappa shape index (κ3) is 3.66. The summed E-state index contributed by atoms with van der Waals surface area (Å²) in [6.07, 6.45) is 1.73. The van der Waals surface area contributed by atoms with Gasteiger partial charge in [-0.25, -0.2) is 4.98 Å². The van der Waals surface area contributed by atoms with Crippen LogP contribution < -0.4 is 5.56 Å². The van der Waals surface area contributed by atoms with Crippen molar-refractivity contribution < 1.29 is 4.79 Å². The van der Waals surface area contributed by atoms with Gasteiger partial charge in [0.2, 0.25) is 0 Å². The monoisotopic (exact) mass is 373 g/mol. The molecule has 5 nitrogen and oxygen atoms in total. The van der Waals surface area contributed by atoms with Gasteiger partial charge < -0.3 is 4.98 Å². The van der Waals surface area contributed by atoms with E-state index < -0.39 is 5.41 Å². The number of nitrogens with zero attached hydrogens (tertiary/aromatic N) is 2. The SMILES string of the molecule is CC1(C)CN(Cc2ccccc2)C/C(=C\c2nc3ccccc3c(=O)[nH]2)C1=O. The lowest BCUT2D eigenvalue weighted by molar-refractivity contribution is -0.126. The summed E-state index contributed by atoms with van der Waals surface area (Å²) in [6.45, 7) is 5.94. The normalized spacial score (nSPS) is 18.6. The van der Waals surface area contributed by atoms with Crippen LogP contribution in [0.2, 0.25) is 0 Å². The van der Waals surface area contributed by atoms with Crippen molar-refractivity contribution in [3.05, 3.63) is 81.9 Å². The fourth-order valence-electron chi connectivity index (χ4n) is 3.84. The van der Waals surface area contributed by atoms with E-state index >= 15 is 0 Å². The third-order valence-corrected chi connectivity index (χ3v) is 5.11. The number of carbonyl (C=O) groups excluding carboxylic acids is 1. The minimum atomic E-state index is -0.490. The van der Waals surface area contributed by atoms with Crippen LogP contribution in [0, 0.1) is 5.41 Å². The number of H-pyrrole nitrogens is 1. The summed E-state index contributed by atoms with van der Waals surface area (Å²) in [6, 6.07) is 17.4. The highest BCUT2D eigenvalue weighted by atomic mass is 16.1. The number of fused-ring (bicyclic) bond motifs is 1. The molecular weight excluding hydrogens is 350 g/mol. The van der Waals surface area contributed by atoms with Crippen molar-refractivity contribution in [2.75, 3.05) is 13.1 Å². The van der Waals surface area contributed by atoms with E-state index in [9.17, 15) is 9.59 Å². The number of benzene rings is 2. The predicted octanol–water partition coefficient (Wildman–Crippen LogP) is 3.42. The Bertz CT molecular complexity index is 1110. The molecule has 5 heteroatoms. The molecule has 4 rings (SSSR count). The van der Waals surface area contributed by atoms with Crippen molar-refractivity contribution in [2.45, 2.75) is 20.4 Å². The van der Waals surface area contributed by atoms with Gasteiger partial charge in [0.15, 0.2) is 5.78 Å². The first-order valence-electron chi connectivity index (χ1n) is 9.43. The minimum absolute atomic E-state index is 0.104. The number of nitrogens with one attached hydrogen (secondary N) is 1. The van der Waals surface area contributed by atoms with Crippen LogP contribution in [0.1, 0.15) is 25.2 Å². The van der Waals surface area contributed by atoms with E-state index in [-0.39, 0.29) is 11.3 Å². The van der Waals surface area contributed by atoms with Crippen LogP contribution in [0.15, 0.2) is 65.0 Å². The lowest BCUT2D eigenvalue weighted by Gasteiger charge is -2.38. The van der Waals surface area contributed by atoms with E-state index in [1.54, 1.807) is 18.2 Å². The molecule has 3 aromatic rings. The lowest BCUT2D eigenvalue weighted by Crippen LogP contribution is -2.47. The Labute approximate surface area is 163 Å². The number of aromatic nitrogens is 2. The van der Waals surface area contributed by atoms with Crippen LogP contribution in [-0.2, 0) is 11.3 Å². The summed E-state index contributed by atoms with van der Waals surface area (Å²) in [5, 5.41) is 0.547. The molecule has 0 bridgehead atoms. The number of piperidine rings is 1. The van der Waals surface area contributed by atoms with Crippen LogP contribution in [-0.4, -0.2) is 33.7 Å². The van der Waals surface area contributed by atoms with Crippen molar-refractivity contribution in [1.82, 2.24) is 14.9 Å². The second-order valence-corrected chi connectivity index (χ2v) is 7.98. The highest BCUT2D eigenvalue weighted by Crippen LogP contribution is 2.30. The van der Waals surface area contributed by atoms with Gasteiger partial charge in [0, 0.05) is 30.6 Å². The van der Waals surface area contributed by atoms with Gasteiger partial charge in [-0.1, -0.05) is 56.3 Å². The molecule has 2 aromatic carbocycles. The molecule has 1 aliphatic rings. The summed E-state index contributed by atoms with van der Waals surface area (Å²) < 4.78 is 0. The van der Waals surface area contributed by atoms with Crippen molar-refractivity contribution in [1.29, 1.82) is 0 Å². The van der Waals surface area contributed by atoms with Crippen LogP contribution >= 0.6 is 0 Å².